The Hall–Kier alpha value is -0.620. The lowest BCUT2D eigenvalue weighted by molar-refractivity contribution is 0.531. The molecule has 1 unspecified atom stereocenters. The lowest BCUT2D eigenvalue weighted by atomic mass is 10.1. The molecule has 1 atom stereocenters. The minimum atomic E-state index is -2.99. The van der Waals surface area contributed by atoms with Crippen molar-refractivity contribution in [3.05, 3.63) is 34.9 Å². The Morgan fingerprint density at radius 3 is 2.56 bits per heavy atom. The van der Waals surface area contributed by atoms with Gasteiger partial charge in [0.05, 0.1) is 5.75 Å². The molecule has 1 aromatic rings. The van der Waals surface area contributed by atoms with Crippen LogP contribution in [0.3, 0.4) is 0 Å². The number of nitrogens with two attached hydrogens (primary N) is 1. The zero-order valence-electron chi connectivity index (χ0n) is 8.98. The average molecular weight is 263 g/mol. The van der Waals surface area contributed by atoms with Crippen molar-refractivity contribution in [2.45, 2.75) is 12.5 Å². The highest BCUT2D eigenvalue weighted by atomic mass is 35.5. The summed E-state index contributed by atoms with van der Waals surface area (Å²) in [7, 11) is -2.99. The molecule has 0 amide bonds. The highest BCUT2D eigenvalue weighted by Gasteiger charge is 2.15. The van der Waals surface area contributed by atoms with Crippen LogP contribution in [0.25, 0.3) is 0 Å². The summed E-state index contributed by atoms with van der Waals surface area (Å²) in [5.41, 5.74) is 3.40. The Morgan fingerprint density at radius 2 is 2.06 bits per heavy atom. The first-order valence-corrected chi connectivity index (χ1v) is 7.26. The molecule has 16 heavy (non-hydrogen) atoms. The van der Waals surface area contributed by atoms with Gasteiger partial charge in [-0.1, -0.05) is 29.8 Å². The molecule has 0 aromatic heterocycles. The molecule has 0 bridgehead atoms. The first-order chi connectivity index (χ1) is 7.44. The normalized spacial score (nSPS) is 13.7. The van der Waals surface area contributed by atoms with Gasteiger partial charge in [0.1, 0.15) is 9.84 Å². The number of rotatable bonds is 5. The zero-order valence-corrected chi connectivity index (χ0v) is 10.6. The Morgan fingerprint density at radius 1 is 1.44 bits per heavy atom. The minimum absolute atomic E-state index is 0.0765. The highest BCUT2D eigenvalue weighted by Crippen LogP contribution is 2.24. The van der Waals surface area contributed by atoms with Gasteiger partial charge in [0.2, 0.25) is 0 Å². The maximum Gasteiger partial charge on any atom is 0.147 e. The quantitative estimate of drug-likeness (QED) is 0.619. The molecule has 1 rings (SSSR count). The van der Waals surface area contributed by atoms with E-state index in [4.69, 9.17) is 17.4 Å². The van der Waals surface area contributed by atoms with Crippen LogP contribution in [0.4, 0.5) is 0 Å². The number of hydrazine groups is 1. The summed E-state index contributed by atoms with van der Waals surface area (Å²) in [5, 5.41) is 0.582. The summed E-state index contributed by atoms with van der Waals surface area (Å²) in [6.45, 7) is 0. The van der Waals surface area contributed by atoms with Gasteiger partial charge in [-0.25, -0.2) is 8.42 Å². The van der Waals surface area contributed by atoms with Gasteiger partial charge in [0, 0.05) is 17.3 Å². The molecule has 0 spiro atoms. The largest absolute Gasteiger partial charge is 0.271 e. The lowest BCUT2D eigenvalue weighted by Gasteiger charge is -2.16. The van der Waals surface area contributed by atoms with Crippen molar-refractivity contribution < 1.29 is 8.42 Å². The third-order valence-electron chi connectivity index (χ3n) is 2.26. The molecule has 0 aliphatic heterocycles. The van der Waals surface area contributed by atoms with Crippen LogP contribution in [0.15, 0.2) is 24.3 Å². The summed E-state index contributed by atoms with van der Waals surface area (Å²) in [5.74, 6) is 5.48. The second-order valence-corrected chi connectivity index (χ2v) is 6.33. The molecular weight excluding hydrogens is 248 g/mol. The van der Waals surface area contributed by atoms with E-state index in [1.807, 2.05) is 18.2 Å². The molecule has 3 N–H and O–H groups in total. The fourth-order valence-electron chi connectivity index (χ4n) is 1.42. The lowest BCUT2D eigenvalue weighted by Crippen LogP contribution is -2.29. The van der Waals surface area contributed by atoms with Crippen molar-refractivity contribution in [3.63, 3.8) is 0 Å². The van der Waals surface area contributed by atoms with E-state index in [1.165, 1.54) is 6.26 Å². The summed E-state index contributed by atoms with van der Waals surface area (Å²) in [6, 6.07) is 6.99. The van der Waals surface area contributed by atoms with Gasteiger partial charge >= 0.3 is 0 Å². The van der Waals surface area contributed by atoms with E-state index in [2.05, 4.69) is 5.43 Å². The smallest absolute Gasteiger partial charge is 0.147 e. The number of hydrogen-bond donors (Lipinski definition) is 2. The third-order valence-corrected chi connectivity index (χ3v) is 3.58. The first-order valence-electron chi connectivity index (χ1n) is 4.82. The molecule has 1 aromatic carbocycles. The Kier molecular flexibility index (Phi) is 4.73. The number of hydrogen-bond acceptors (Lipinski definition) is 4. The van der Waals surface area contributed by atoms with Crippen LogP contribution in [-0.4, -0.2) is 20.4 Å². The second kappa shape index (κ2) is 5.63. The zero-order chi connectivity index (χ0) is 12.2. The Bertz CT molecular complexity index is 448. The van der Waals surface area contributed by atoms with Crippen LogP contribution >= 0.6 is 11.6 Å². The molecule has 90 valence electrons. The van der Waals surface area contributed by atoms with Gasteiger partial charge in [-0.05, 0) is 18.1 Å². The summed E-state index contributed by atoms with van der Waals surface area (Å²) >= 11 is 6.00. The fraction of sp³-hybridized carbons (Fsp3) is 0.400. The van der Waals surface area contributed by atoms with Gasteiger partial charge in [-0.3, -0.25) is 11.3 Å². The van der Waals surface area contributed by atoms with Crippen molar-refractivity contribution in [2.75, 3.05) is 12.0 Å². The Labute approximate surface area is 101 Å². The topological polar surface area (TPSA) is 72.2 Å². The molecule has 0 aliphatic carbocycles. The highest BCUT2D eigenvalue weighted by molar-refractivity contribution is 7.90. The summed E-state index contributed by atoms with van der Waals surface area (Å²) in [6.07, 6.45) is 1.60. The van der Waals surface area contributed by atoms with Gasteiger partial charge in [-0.2, -0.15) is 0 Å². The van der Waals surface area contributed by atoms with E-state index in [1.54, 1.807) is 6.07 Å². The molecule has 0 fully saturated rings. The average Bonchev–Trinajstić information content (AvgIpc) is 2.20. The predicted octanol–water partition coefficient (Wildman–Crippen LogP) is 1.28. The summed E-state index contributed by atoms with van der Waals surface area (Å²) in [4.78, 5) is 0. The molecule has 0 radical (unpaired) electrons. The van der Waals surface area contributed by atoms with Crippen LogP contribution in [0.2, 0.25) is 5.02 Å². The number of halogens is 1. The molecule has 0 saturated heterocycles. The van der Waals surface area contributed by atoms with Crippen LogP contribution in [0.1, 0.15) is 18.0 Å². The van der Waals surface area contributed by atoms with Gasteiger partial charge in [0.15, 0.2) is 0 Å². The maximum absolute atomic E-state index is 11.1. The molecule has 4 nitrogen and oxygen atoms in total. The van der Waals surface area contributed by atoms with Crippen molar-refractivity contribution in [1.82, 2.24) is 5.43 Å². The molecule has 0 heterocycles. The van der Waals surface area contributed by atoms with Gasteiger partial charge in [-0.15, -0.1) is 0 Å². The Balaban J connectivity index is 2.79. The van der Waals surface area contributed by atoms with Crippen molar-refractivity contribution in [1.29, 1.82) is 0 Å². The van der Waals surface area contributed by atoms with E-state index in [0.29, 0.717) is 11.4 Å². The predicted molar refractivity (Wildman–Crippen MR) is 65.8 cm³/mol. The fourth-order valence-corrected chi connectivity index (χ4v) is 2.35. The molecule has 6 heteroatoms. The van der Waals surface area contributed by atoms with Crippen molar-refractivity contribution in [2.24, 2.45) is 5.84 Å². The van der Waals surface area contributed by atoms with Crippen LogP contribution < -0.4 is 11.3 Å². The van der Waals surface area contributed by atoms with Crippen LogP contribution in [0.5, 0.6) is 0 Å². The standard InChI is InChI=1S/C10H15ClN2O2S/c1-16(14,15)7-6-10(13-12)8-4-2-3-5-9(8)11/h2-5,10,13H,6-7,12H2,1H3. The van der Waals surface area contributed by atoms with E-state index in [0.717, 1.165) is 5.56 Å². The van der Waals surface area contributed by atoms with Crippen LogP contribution in [0, 0.1) is 0 Å². The van der Waals surface area contributed by atoms with E-state index in [-0.39, 0.29) is 11.8 Å². The monoisotopic (exact) mass is 262 g/mol. The molecule has 0 aliphatic rings. The molecular formula is C10H15ClN2O2S. The van der Waals surface area contributed by atoms with Crippen LogP contribution in [-0.2, 0) is 9.84 Å². The molecule has 0 saturated carbocycles. The number of sulfone groups is 1. The van der Waals surface area contributed by atoms with Gasteiger partial charge < -0.3 is 0 Å². The van der Waals surface area contributed by atoms with Gasteiger partial charge in [0.25, 0.3) is 0 Å². The van der Waals surface area contributed by atoms with Crippen molar-refractivity contribution >= 4 is 21.4 Å². The summed E-state index contributed by atoms with van der Waals surface area (Å²) < 4.78 is 22.1. The number of nitrogens with one attached hydrogen (secondary N) is 1. The van der Waals surface area contributed by atoms with E-state index < -0.39 is 9.84 Å². The first kappa shape index (κ1) is 13.4. The van der Waals surface area contributed by atoms with Crippen molar-refractivity contribution in [3.8, 4) is 0 Å². The third kappa shape index (κ3) is 4.09. The maximum atomic E-state index is 11.1. The van der Waals surface area contributed by atoms with E-state index in [9.17, 15) is 8.42 Å². The minimum Gasteiger partial charge on any atom is -0.271 e. The number of benzene rings is 1. The van der Waals surface area contributed by atoms with E-state index >= 15 is 0 Å². The second-order valence-electron chi connectivity index (χ2n) is 3.66. The SMILES string of the molecule is CS(=O)(=O)CCC(NN)c1ccccc1Cl.